The van der Waals surface area contributed by atoms with Crippen molar-refractivity contribution in [2.75, 3.05) is 6.54 Å². The Balaban J connectivity index is 1.97. The summed E-state index contributed by atoms with van der Waals surface area (Å²) in [6.07, 6.45) is 2.20. The second-order valence-corrected chi connectivity index (χ2v) is 5.68. The number of hydrogen-bond donors (Lipinski definition) is 2. The van der Waals surface area contributed by atoms with E-state index < -0.39 is 0 Å². The molecule has 0 bridgehead atoms. The lowest BCUT2D eigenvalue weighted by atomic mass is 10.1. The molecule has 0 aliphatic rings. The summed E-state index contributed by atoms with van der Waals surface area (Å²) in [5.41, 5.74) is 1.55. The van der Waals surface area contributed by atoms with Crippen molar-refractivity contribution < 1.29 is 4.39 Å². The maximum absolute atomic E-state index is 13.8. The Hall–Kier alpha value is -1.39. The monoisotopic (exact) mass is 295 g/mol. The summed E-state index contributed by atoms with van der Waals surface area (Å²) in [5, 5.41) is 3.48. The third kappa shape index (κ3) is 4.05. The van der Waals surface area contributed by atoms with Gasteiger partial charge in [-0.25, -0.2) is 9.37 Å². The molecule has 1 heterocycles. The van der Waals surface area contributed by atoms with E-state index in [0.717, 1.165) is 24.6 Å². The second kappa shape index (κ2) is 6.86. The summed E-state index contributed by atoms with van der Waals surface area (Å²) < 4.78 is 13.8. The zero-order valence-electron chi connectivity index (χ0n) is 11.7. The van der Waals surface area contributed by atoms with Gasteiger partial charge in [-0.15, -0.1) is 0 Å². The number of nitrogens with one attached hydrogen (secondary N) is 2. The van der Waals surface area contributed by atoms with Gasteiger partial charge in [-0.3, -0.25) is 0 Å². The van der Waals surface area contributed by atoms with Crippen LogP contribution in [-0.2, 0) is 13.0 Å². The highest BCUT2D eigenvalue weighted by molar-refractivity contribution is 6.30. The Kier molecular flexibility index (Phi) is 5.15. The van der Waals surface area contributed by atoms with Gasteiger partial charge in [-0.1, -0.05) is 37.6 Å². The smallest absolute Gasteiger partial charge is 0.145 e. The summed E-state index contributed by atoms with van der Waals surface area (Å²) in [6.45, 7) is 6.01. The summed E-state index contributed by atoms with van der Waals surface area (Å²) >= 11 is 5.77. The minimum atomic E-state index is -0.370. The molecule has 0 fully saturated rings. The van der Waals surface area contributed by atoms with Crippen LogP contribution in [0.15, 0.2) is 24.4 Å². The van der Waals surface area contributed by atoms with Crippen LogP contribution < -0.4 is 5.32 Å². The number of rotatable bonds is 6. The highest BCUT2D eigenvalue weighted by atomic mass is 35.5. The van der Waals surface area contributed by atoms with Gasteiger partial charge in [0, 0.05) is 24.9 Å². The molecule has 0 amide bonds. The van der Waals surface area contributed by atoms with Gasteiger partial charge in [-0.05, 0) is 24.1 Å². The molecule has 0 radical (unpaired) electrons. The van der Waals surface area contributed by atoms with E-state index in [1.54, 1.807) is 24.4 Å². The van der Waals surface area contributed by atoms with Crippen molar-refractivity contribution in [2.45, 2.75) is 26.8 Å². The van der Waals surface area contributed by atoms with Gasteiger partial charge in [-0.2, -0.15) is 0 Å². The third-order valence-electron chi connectivity index (χ3n) is 2.94. The van der Waals surface area contributed by atoms with Gasteiger partial charge in [0.1, 0.15) is 11.6 Å². The number of halogens is 2. The van der Waals surface area contributed by atoms with Crippen LogP contribution >= 0.6 is 11.6 Å². The zero-order valence-corrected chi connectivity index (χ0v) is 12.5. The maximum Gasteiger partial charge on any atom is 0.145 e. The number of aromatic amines is 1. The SMILES string of the molecule is CC(C)CNCc1cnc(Cc2cccc(Cl)c2F)[nH]1. The van der Waals surface area contributed by atoms with Gasteiger partial charge in [0.2, 0.25) is 0 Å². The van der Waals surface area contributed by atoms with Crippen molar-refractivity contribution in [1.82, 2.24) is 15.3 Å². The lowest BCUT2D eigenvalue weighted by molar-refractivity contribution is 0.548. The first kappa shape index (κ1) is 15.0. The van der Waals surface area contributed by atoms with Crippen LogP contribution in [0.3, 0.4) is 0 Å². The van der Waals surface area contributed by atoms with Crippen molar-refractivity contribution in [3.05, 3.63) is 52.3 Å². The molecule has 5 heteroatoms. The quantitative estimate of drug-likeness (QED) is 0.856. The summed E-state index contributed by atoms with van der Waals surface area (Å²) in [4.78, 5) is 7.47. The van der Waals surface area contributed by atoms with E-state index in [9.17, 15) is 4.39 Å². The van der Waals surface area contributed by atoms with Crippen LogP contribution in [0.5, 0.6) is 0 Å². The molecule has 0 saturated carbocycles. The van der Waals surface area contributed by atoms with Gasteiger partial charge in [0.05, 0.1) is 5.02 Å². The predicted molar refractivity (Wildman–Crippen MR) is 79.3 cm³/mol. The number of benzene rings is 1. The minimum absolute atomic E-state index is 0.146. The fraction of sp³-hybridized carbons (Fsp3) is 0.400. The normalized spacial score (nSPS) is 11.2. The fourth-order valence-electron chi connectivity index (χ4n) is 1.95. The maximum atomic E-state index is 13.8. The Morgan fingerprint density at radius 2 is 2.20 bits per heavy atom. The van der Waals surface area contributed by atoms with Crippen molar-refractivity contribution in [3.8, 4) is 0 Å². The fourth-order valence-corrected chi connectivity index (χ4v) is 2.14. The average Bonchev–Trinajstić information content (AvgIpc) is 2.82. The number of hydrogen-bond acceptors (Lipinski definition) is 2. The number of H-pyrrole nitrogens is 1. The van der Waals surface area contributed by atoms with Crippen LogP contribution in [-0.4, -0.2) is 16.5 Å². The molecule has 0 spiro atoms. The molecule has 2 aromatic rings. The summed E-state index contributed by atoms with van der Waals surface area (Å²) in [6, 6.07) is 5.01. The lowest BCUT2D eigenvalue weighted by Gasteiger charge is -2.05. The molecule has 20 heavy (non-hydrogen) atoms. The molecular weight excluding hydrogens is 277 g/mol. The first-order valence-electron chi connectivity index (χ1n) is 6.72. The molecule has 1 aromatic heterocycles. The van der Waals surface area contributed by atoms with Crippen molar-refractivity contribution in [1.29, 1.82) is 0 Å². The zero-order chi connectivity index (χ0) is 14.5. The van der Waals surface area contributed by atoms with E-state index in [0.29, 0.717) is 17.9 Å². The molecule has 108 valence electrons. The Morgan fingerprint density at radius 1 is 1.40 bits per heavy atom. The van der Waals surface area contributed by atoms with Crippen LogP contribution in [0, 0.1) is 11.7 Å². The highest BCUT2D eigenvalue weighted by Gasteiger charge is 2.09. The van der Waals surface area contributed by atoms with E-state index in [4.69, 9.17) is 11.6 Å². The van der Waals surface area contributed by atoms with E-state index in [1.165, 1.54) is 0 Å². The van der Waals surface area contributed by atoms with Crippen LogP contribution in [0.2, 0.25) is 5.02 Å². The van der Waals surface area contributed by atoms with Crippen molar-refractivity contribution >= 4 is 11.6 Å². The summed E-state index contributed by atoms with van der Waals surface area (Å²) in [5.74, 6) is 0.982. The second-order valence-electron chi connectivity index (χ2n) is 5.27. The van der Waals surface area contributed by atoms with Gasteiger partial charge in [0.15, 0.2) is 0 Å². The highest BCUT2D eigenvalue weighted by Crippen LogP contribution is 2.19. The molecule has 1 aromatic carbocycles. The molecule has 0 atom stereocenters. The molecule has 2 N–H and O–H groups in total. The van der Waals surface area contributed by atoms with Crippen molar-refractivity contribution in [2.24, 2.45) is 5.92 Å². The number of imidazole rings is 1. The topological polar surface area (TPSA) is 40.7 Å². The third-order valence-corrected chi connectivity index (χ3v) is 3.23. The first-order valence-corrected chi connectivity index (χ1v) is 7.10. The molecule has 3 nitrogen and oxygen atoms in total. The van der Waals surface area contributed by atoms with Gasteiger partial charge in [0.25, 0.3) is 0 Å². The number of aromatic nitrogens is 2. The van der Waals surface area contributed by atoms with Crippen LogP contribution in [0.4, 0.5) is 4.39 Å². The van der Waals surface area contributed by atoms with Crippen LogP contribution in [0.25, 0.3) is 0 Å². The van der Waals surface area contributed by atoms with Gasteiger partial charge >= 0.3 is 0 Å². The van der Waals surface area contributed by atoms with Crippen LogP contribution in [0.1, 0.15) is 30.9 Å². The van der Waals surface area contributed by atoms with E-state index in [1.807, 2.05) is 0 Å². The average molecular weight is 296 g/mol. The molecule has 2 rings (SSSR count). The Labute approximate surface area is 123 Å². The molecule has 0 unspecified atom stereocenters. The molecule has 0 saturated heterocycles. The molecule has 0 aliphatic carbocycles. The Bertz CT molecular complexity index is 566. The Morgan fingerprint density at radius 3 is 2.95 bits per heavy atom. The first-order chi connectivity index (χ1) is 9.56. The molecule has 0 aliphatic heterocycles. The van der Waals surface area contributed by atoms with E-state index in [-0.39, 0.29) is 10.8 Å². The lowest BCUT2D eigenvalue weighted by Crippen LogP contribution is -2.19. The van der Waals surface area contributed by atoms with Gasteiger partial charge < -0.3 is 10.3 Å². The number of nitrogens with zero attached hydrogens (tertiary/aromatic N) is 1. The van der Waals surface area contributed by atoms with E-state index >= 15 is 0 Å². The standard InChI is InChI=1S/C15H19ClFN3/c1-10(2)7-18-8-12-9-19-14(20-12)6-11-4-3-5-13(16)15(11)17/h3-5,9-10,18H,6-8H2,1-2H3,(H,19,20). The largest absolute Gasteiger partial charge is 0.345 e. The summed E-state index contributed by atoms with van der Waals surface area (Å²) in [7, 11) is 0. The molecular formula is C15H19ClFN3. The van der Waals surface area contributed by atoms with E-state index in [2.05, 4.69) is 29.1 Å². The minimum Gasteiger partial charge on any atom is -0.345 e. The predicted octanol–water partition coefficient (Wildman–Crippen LogP) is 3.54. The van der Waals surface area contributed by atoms with Crippen molar-refractivity contribution in [3.63, 3.8) is 0 Å².